The maximum Gasteiger partial charge on any atom is 0.257 e. The quantitative estimate of drug-likeness (QED) is 0.792. The minimum Gasteiger partial charge on any atom is -0.396 e. The first-order chi connectivity index (χ1) is 8.88. The van der Waals surface area contributed by atoms with Crippen molar-refractivity contribution < 1.29 is 18.3 Å². The van der Waals surface area contributed by atoms with Gasteiger partial charge in [0.2, 0.25) is 0 Å². The molecular weight excluding hydrogens is 254 g/mol. The molecule has 19 heavy (non-hydrogen) atoms. The van der Waals surface area contributed by atoms with E-state index in [-0.39, 0.29) is 23.5 Å². The number of amides is 1. The van der Waals surface area contributed by atoms with E-state index in [1.54, 1.807) is 0 Å². The van der Waals surface area contributed by atoms with E-state index in [0.29, 0.717) is 13.1 Å². The summed E-state index contributed by atoms with van der Waals surface area (Å²) in [6.45, 7) is 4.34. The van der Waals surface area contributed by atoms with E-state index in [1.165, 1.54) is 4.90 Å². The summed E-state index contributed by atoms with van der Waals surface area (Å²) in [5.41, 5.74) is 4.64. The number of ether oxygens (including phenoxy) is 1. The molecular formula is C13H16F2N2O2. The number of carbonyl (C=O) groups is 1. The van der Waals surface area contributed by atoms with Crippen LogP contribution in [-0.2, 0) is 4.74 Å². The van der Waals surface area contributed by atoms with E-state index in [9.17, 15) is 13.6 Å². The molecule has 104 valence electrons. The van der Waals surface area contributed by atoms with Crippen molar-refractivity contribution in [3.8, 4) is 0 Å². The summed E-state index contributed by atoms with van der Waals surface area (Å²) in [6.07, 6.45) is -0.275. The van der Waals surface area contributed by atoms with Crippen LogP contribution < -0.4 is 5.73 Å². The molecule has 0 radical (unpaired) electrons. The fourth-order valence-corrected chi connectivity index (χ4v) is 2.28. The summed E-state index contributed by atoms with van der Waals surface area (Å²) >= 11 is 0. The predicted octanol–water partition coefficient (Wildman–Crippen LogP) is 1.80. The first-order valence-electron chi connectivity index (χ1n) is 6.07. The molecule has 2 N–H and O–H groups in total. The number of nitrogens with zero attached hydrogens (tertiary/aromatic N) is 1. The molecule has 2 atom stereocenters. The van der Waals surface area contributed by atoms with Gasteiger partial charge in [0.25, 0.3) is 5.91 Å². The van der Waals surface area contributed by atoms with E-state index < -0.39 is 17.5 Å². The summed E-state index contributed by atoms with van der Waals surface area (Å²) < 4.78 is 32.6. The zero-order chi connectivity index (χ0) is 14.2. The minimum atomic E-state index is -0.877. The second-order valence-electron chi connectivity index (χ2n) is 4.82. The lowest BCUT2D eigenvalue weighted by Crippen LogP contribution is -2.48. The van der Waals surface area contributed by atoms with Gasteiger partial charge in [-0.05, 0) is 26.0 Å². The van der Waals surface area contributed by atoms with Gasteiger partial charge in [-0.25, -0.2) is 8.78 Å². The van der Waals surface area contributed by atoms with Crippen LogP contribution in [0.2, 0.25) is 0 Å². The summed E-state index contributed by atoms with van der Waals surface area (Å²) in [5.74, 6) is -2.17. The highest BCUT2D eigenvalue weighted by atomic mass is 19.1. The highest BCUT2D eigenvalue weighted by Crippen LogP contribution is 2.21. The molecule has 2 unspecified atom stereocenters. The van der Waals surface area contributed by atoms with Crippen molar-refractivity contribution >= 4 is 11.6 Å². The summed E-state index contributed by atoms with van der Waals surface area (Å²) in [7, 11) is 0. The van der Waals surface area contributed by atoms with E-state index in [2.05, 4.69) is 0 Å². The van der Waals surface area contributed by atoms with Gasteiger partial charge in [0.15, 0.2) is 5.82 Å². The van der Waals surface area contributed by atoms with Gasteiger partial charge in [0.1, 0.15) is 5.82 Å². The van der Waals surface area contributed by atoms with Crippen LogP contribution >= 0.6 is 0 Å². The Hall–Kier alpha value is -1.69. The average Bonchev–Trinajstić information content (AvgIpc) is 2.31. The Bertz CT molecular complexity index is 498. The third-order valence-electron chi connectivity index (χ3n) is 3.00. The van der Waals surface area contributed by atoms with E-state index >= 15 is 0 Å². The van der Waals surface area contributed by atoms with Crippen molar-refractivity contribution in [2.24, 2.45) is 0 Å². The molecule has 0 bridgehead atoms. The largest absolute Gasteiger partial charge is 0.396 e. The lowest BCUT2D eigenvalue weighted by Gasteiger charge is -2.35. The molecule has 1 saturated heterocycles. The molecule has 2 rings (SSSR count). The number of rotatable bonds is 1. The maximum absolute atomic E-state index is 13.8. The molecule has 0 aliphatic carbocycles. The lowest BCUT2D eigenvalue weighted by atomic mass is 10.1. The molecule has 1 aromatic rings. The van der Waals surface area contributed by atoms with Crippen LogP contribution in [0, 0.1) is 11.6 Å². The Morgan fingerprint density at radius 2 is 1.89 bits per heavy atom. The Morgan fingerprint density at radius 3 is 2.47 bits per heavy atom. The minimum absolute atomic E-state index is 0.137. The van der Waals surface area contributed by atoms with E-state index in [0.717, 1.165) is 12.1 Å². The van der Waals surface area contributed by atoms with E-state index in [4.69, 9.17) is 10.5 Å². The van der Waals surface area contributed by atoms with Gasteiger partial charge in [-0.2, -0.15) is 0 Å². The van der Waals surface area contributed by atoms with Crippen LogP contribution in [0.4, 0.5) is 14.5 Å². The molecule has 1 aromatic carbocycles. The number of hydrogen-bond donors (Lipinski definition) is 1. The van der Waals surface area contributed by atoms with Gasteiger partial charge in [-0.3, -0.25) is 4.79 Å². The third kappa shape index (κ3) is 2.84. The topological polar surface area (TPSA) is 55.6 Å². The SMILES string of the molecule is CC1CN(C(=O)c2cc(F)cc(N)c2F)CC(C)O1. The summed E-state index contributed by atoms with van der Waals surface area (Å²) in [6, 6.07) is 1.73. The molecule has 0 aromatic heterocycles. The standard InChI is InChI=1S/C13H16F2N2O2/c1-7-5-17(6-8(2)19-7)13(18)10-3-9(14)4-11(16)12(10)15/h3-4,7-8H,5-6,16H2,1-2H3. The van der Waals surface area contributed by atoms with Crippen LogP contribution in [0.25, 0.3) is 0 Å². The first kappa shape index (κ1) is 13.7. The number of morpholine rings is 1. The van der Waals surface area contributed by atoms with Gasteiger partial charge in [0.05, 0.1) is 23.5 Å². The van der Waals surface area contributed by atoms with Gasteiger partial charge in [-0.15, -0.1) is 0 Å². The molecule has 1 aliphatic heterocycles. The van der Waals surface area contributed by atoms with Crippen LogP contribution in [0.3, 0.4) is 0 Å². The molecule has 1 aliphatic rings. The maximum atomic E-state index is 13.8. The van der Waals surface area contributed by atoms with Gasteiger partial charge < -0.3 is 15.4 Å². The molecule has 6 heteroatoms. The summed E-state index contributed by atoms with van der Waals surface area (Å²) in [4.78, 5) is 13.7. The second-order valence-corrected chi connectivity index (χ2v) is 4.82. The fraction of sp³-hybridized carbons (Fsp3) is 0.462. The van der Waals surface area contributed by atoms with Crippen LogP contribution in [0.15, 0.2) is 12.1 Å². The molecule has 0 saturated carbocycles. The molecule has 1 amide bonds. The normalized spacial score (nSPS) is 23.5. The van der Waals surface area contributed by atoms with Gasteiger partial charge in [-0.1, -0.05) is 0 Å². The van der Waals surface area contributed by atoms with Crippen molar-refractivity contribution in [1.82, 2.24) is 4.90 Å². The number of nitrogens with two attached hydrogens (primary N) is 1. The lowest BCUT2D eigenvalue weighted by molar-refractivity contribution is -0.0587. The number of anilines is 1. The fourth-order valence-electron chi connectivity index (χ4n) is 2.28. The summed E-state index contributed by atoms with van der Waals surface area (Å²) in [5, 5.41) is 0. The first-order valence-corrected chi connectivity index (χ1v) is 6.07. The monoisotopic (exact) mass is 270 g/mol. The Kier molecular flexibility index (Phi) is 3.71. The highest BCUT2D eigenvalue weighted by Gasteiger charge is 2.28. The Morgan fingerprint density at radius 1 is 1.32 bits per heavy atom. The second kappa shape index (κ2) is 5.13. The predicted molar refractivity (Wildman–Crippen MR) is 66.7 cm³/mol. The molecule has 1 heterocycles. The average molecular weight is 270 g/mol. The number of benzene rings is 1. The van der Waals surface area contributed by atoms with Crippen molar-refractivity contribution in [3.63, 3.8) is 0 Å². The number of hydrogen-bond acceptors (Lipinski definition) is 3. The van der Waals surface area contributed by atoms with Gasteiger partial charge in [0, 0.05) is 13.1 Å². The molecule has 4 nitrogen and oxygen atoms in total. The van der Waals surface area contributed by atoms with Crippen molar-refractivity contribution in [1.29, 1.82) is 0 Å². The smallest absolute Gasteiger partial charge is 0.257 e. The number of nitrogen functional groups attached to an aromatic ring is 1. The van der Waals surface area contributed by atoms with Crippen LogP contribution in [0.1, 0.15) is 24.2 Å². The number of carbonyl (C=O) groups excluding carboxylic acids is 1. The molecule has 0 spiro atoms. The zero-order valence-electron chi connectivity index (χ0n) is 10.8. The number of halogens is 2. The Labute approximate surface area is 110 Å². The highest BCUT2D eigenvalue weighted by molar-refractivity contribution is 5.95. The molecule has 1 fully saturated rings. The van der Waals surface area contributed by atoms with Crippen molar-refractivity contribution in [2.45, 2.75) is 26.1 Å². The van der Waals surface area contributed by atoms with E-state index in [1.807, 2.05) is 13.8 Å². The Balaban J connectivity index is 2.29. The van der Waals surface area contributed by atoms with Crippen LogP contribution in [0.5, 0.6) is 0 Å². The van der Waals surface area contributed by atoms with Gasteiger partial charge >= 0.3 is 0 Å². The van der Waals surface area contributed by atoms with Crippen LogP contribution in [-0.4, -0.2) is 36.1 Å². The third-order valence-corrected chi connectivity index (χ3v) is 3.00. The van der Waals surface area contributed by atoms with Crippen molar-refractivity contribution in [2.75, 3.05) is 18.8 Å². The zero-order valence-corrected chi connectivity index (χ0v) is 10.8. The van der Waals surface area contributed by atoms with Crippen molar-refractivity contribution in [3.05, 3.63) is 29.3 Å².